The van der Waals surface area contributed by atoms with Crippen molar-refractivity contribution in [2.24, 2.45) is 0 Å². The lowest BCUT2D eigenvalue weighted by Crippen LogP contribution is -2.52. The Morgan fingerprint density at radius 2 is 1.68 bits per heavy atom. The first-order chi connectivity index (χ1) is 15.0. The van der Waals surface area contributed by atoms with Crippen LogP contribution in [0.3, 0.4) is 0 Å². The van der Waals surface area contributed by atoms with Crippen molar-refractivity contribution in [3.63, 3.8) is 0 Å². The van der Waals surface area contributed by atoms with Crippen LogP contribution in [0.25, 0.3) is 11.1 Å². The highest BCUT2D eigenvalue weighted by molar-refractivity contribution is 5.85. The number of benzene rings is 2. The molecule has 0 radical (unpaired) electrons. The quantitative estimate of drug-likeness (QED) is 0.615. The van der Waals surface area contributed by atoms with Crippen molar-refractivity contribution in [3.8, 4) is 11.1 Å². The van der Waals surface area contributed by atoms with E-state index in [1.807, 2.05) is 48.5 Å². The summed E-state index contributed by atoms with van der Waals surface area (Å²) in [6, 6.07) is 18.2. The lowest BCUT2D eigenvalue weighted by molar-refractivity contribution is -0.145. The van der Waals surface area contributed by atoms with Crippen molar-refractivity contribution >= 4 is 12.1 Å². The van der Waals surface area contributed by atoms with E-state index in [0.717, 1.165) is 34.5 Å². The summed E-state index contributed by atoms with van der Waals surface area (Å²) in [4.78, 5) is 28.6. The van der Waals surface area contributed by atoms with Gasteiger partial charge in [-0.3, -0.25) is 4.98 Å². The number of carbonyl (C=O) groups excluding carboxylic acids is 1. The number of rotatable bonds is 6. The van der Waals surface area contributed by atoms with Crippen molar-refractivity contribution in [1.29, 1.82) is 0 Å². The molecule has 4 rings (SSSR count). The van der Waals surface area contributed by atoms with Crippen LogP contribution in [0.2, 0.25) is 0 Å². The first-order valence-electron chi connectivity index (χ1n) is 9.95. The van der Waals surface area contributed by atoms with Gasteiger partial charge in [-0.05, 0) is 40.8 Å². The second kappa shape index (κ2) is 8.18. The molecule has 3 aromatic rings. The van der Waals surface area contributed by atoms with Crippen LogP contribution in [0.4, 0.5) is 9.18 Å². The zero-order chi connectivity index (χ0) is 22.0. The highest BCUT2D eigenvalue weighted by atomic mass is 19.1. The van der Waals surface area contributed by atoms with E-state index in [4.69, 9.17) is 4.74 Å². The van der Waals surface area contributed by atoms with Crippen LogP contribution in [0.5, 0.6) is 0 Å². The van der Waals surface area contributed by atoms with Gasteiger partial charge in [0.1, 0.15) is 12.4 Å². The molecule has 2 N–H and O–H groups in total. The predicted octanol–water partition coefficient (Wildman–Crippen LogP) is 4.45. The van der Waals surface area contributed by atoms with E-state index >= 15 is 0 Å². The summed E-state index contributed by atoms with van der Waals surface area (Å²) in [5, 5.41) is 12.3. The molecule has 0 spiro atoms. The summed E-state index contributed by atoms with van der Waals surface area (Å²) < 4.78 is 18.7. The predicted molar refractivity (Wildman–Crippen MR) is 112 cm³/mol. The van der Waals surface area contributed by atoms with Crippen LogP contribution >= 0.6 is 0 Å². The summed E-state index contributed by atoms with van der Waals surface area (Å²) in [6.45, 7) is 1.65. The summed E-state index contributed by atoms with van der Waals surface area (Å²) >= 11 is 0. The molecular weight excluding hydrogens is 399 g/mol. The maximum absolute atomic E-state index is 13.3. The van der Waals surface area contributed by atoms with Crippen molar-refractivity contribution in [2.45, 2.75) is 24.8 Å². The minimum atomic E-state index is -1.82. The number of aromatic nitrogens is 1. The zero-order valence-corrected chi connectivity index (χ0v) is 16.8. The van der Waals surface area contributed by atoms with E-state index in [9.17, 15) is 19.1 Å². The molecule has 0 aliphatic heterocycles. The number of hydrogen-bond acceptors (Lipinski definition) is 4. The molecule has 158 valence electrons. The minimum absolute atomic E-state index is 0.00512. The fraction of sp³-hybridized carbons (Fsp3) is 0.208. The van der Waals surface area contributed by atoms with Gasteiger partial charge >= 0.3 is 12.1 Å². The zero-order valence-electron chi connectivity index (χ0n) is 16.8. The average molecular weight is 420 g/mol. The number of halogens is 1. The highest BCUT2D eigenvalue weighted by Gasteiger charge is 2.42. The van der Waals surface area contributed by atoms with Gasteiger partial charge in [0, 0.05) is 5.92 Å². The Kier molecular flexibility index (Phi) is 5.42. The number of alkyl carbamates (subject to hydrolysis) is 1. The Morgan fingerprint density at radius 1 is 1.06 bits per heavy atom. The van der Waals surface area contributed by atoms with E-state index in [2.05, 4.69) is 10.3 Å². The smallest absolute Gasteiger partial charge is 0.408 e. The summed E-state index contributed by atoms with van der Waals surface area (Å²) in [5.74, 6) is -2.05. The van der Waals surface area contributed by atoms with Crippen LogP contribution in [-0.4, -0.2) is 28.8 Å². The minimum Gasteiger partial charge on any atom is -0.479 e. The third kappa shape index (κ3) is 3.63. The Labute approximate surface area is 178 Å². The van der Waals surface area contributed by atoms with Gasteiger partial charge in [0.15, 0.2) is 5.54 Å². The standard InChI is InChI=1S/C24H21FN2O4/c1-2-24(22(28)29,21-12-11-15(25)13-26-21)27-23(30)31-14-20-18-9-5-3-7-16(18)17-8-4-6-10-19(17)20/h3-13,20H,2,14H2,1H3,(H,27,30)(H,28,29). The molecule has 1 aliphatic rings. The van der Waals surface area contributed by atoms with E-state index < -0.39 is 23.4 Å². The summed E-state index contributed by atoms with van der Waals surface area (Å²) in [5.41, 5.74) is 2.49. The molecular formula is C24H21FN2O4. The summed E-state index contributed by atoms with van der Waals surface area (Å²) in [7, 11) is 0. The molecule has 0 saturated carbocycles. The molecule has 2 aromatic carbocycles. The Balaban J connectivity index is 1.55. The number of carbonyl (C=O) groups is 2. The van der Waals surface area contributed by atoms with Gasteiger partial charge in [-0.15, -0.1) is 0 Å². The third-order valence-corrected chi connectivity index (χ3v) is 5.72. The number of nitrogens with zero attached hydrogens (tertiary/aromatic N) is 1. The maximum Gasteiger partial charge on any atom is 0.408 e. The monoisotopic (exact) mass is 420 g/mol. The molecule has 1 unspecified atom stereocenters. The first kappa shape index (κ1) is 20.5. The number of carboxylic acid groups (broad SMARTS) is 1. The topological polar surface area (TPSA) is 88.5 Å². The van der Waals surface area contributed by atoms with Gasteiger partial charge in [0.05, 0.1) is 11.9 Å². The van der Waals surface area contributed by atoms with Crippen LogP contribution in [0.1, 0.15) is 36.1 Å². The first-order valence-corrected chi connectivity index (χ1v) is 9.95. The number of ether oxygens (including phenoxy) is 1. The fourth-order valence-corrected chi connectivity index (χ4v) is 4.08. The second-order valence-electron chi connectivity index (χ2n) is 7.38. The molecule has 1 atom stereocenters. The Bertz CT molecular complexity index is 1090. The third-order valence-electron chi connectivity index (χ3n) is 5.72. The van der Waals surface area contributed by atoms with Gasteiger partial charge in [0.2, 0.25) is 0 Å². The Morgan fingerprint density at radius 3 is 2.19 bits per heavy atom. The van der Waals surface area contributed by atoms with Crippen LogP contribution in [0.15, 0.2) is 66.9 Å². The van der Waals surface area contributed by atoms with Gasteiger partial charge in [-0.25, -0.2) is 14.0 Å². The molecule has 6 nitrogen and oxygen atoms in total. The summed E-state index contributed by atoms with van der Waals surface area (Å²) in [6.07, 6.45) is 0.0463. The van der Waals surface area contributed by atoms with Crippen LogP contribution < -0.4 is 5.32 Å². The SMILES string of the molecule is CCC(NC(=O)OCC1c2ccccc2-c2ccccc21)(C(=O)O)c1ccc(F)cn1. The molecule has 1 aliphatic carbocycles. The maximum atomic E-state index is 13.3. The van der Waals surface area contributed by atoms with Gasteiger partial charge < -0.3 is 15.2 Å². The van der Waals surface area contributed by atoms with E-state index in [0.29, 0.717) is 0 Å². The number of carboxylic acids is 1. The van der Waals surface area contributed by atoms with E-state index in [-0.39, 0.29) is 24.6 Å². The number of nitrogens with one attached hydrogen (secondary N) is 1. The van der Waals surface area contributed by atoms with Gasteiger partial charge in [0.25, 0.3) is 0 Å². The number of fused-ring (bicyclic) bond motifs is 3. The molecule has 1 amide bonds. The highest BCUT2D eigenvalue weighted by Crippen LogP contribution is 2.44. The van der Waals surface area contributed by atoms with Crippen molar-refractivity contribution in [3.05, 3.63) is 89.5 Å². The second-order valence-corrected chi connectivity index (χ2v) is 7.38. The molecule has 31 heavy (non-hydrogen) atoms. The lowest BCUT2D eigenvalue weighted by atomic mass is 9.91. The number of hydrogen-bond donors (Lipinski definition) is 2. The van der Waals surface area contributed by atoms with Gasteiger partial charge in [-0.2, -0.15) is 0 Å². The molecule has 1 heterocycles. The van der Waals surface area contributed by atoms with Gasteiger partial charge in [-0.1, -0.05) is 55.5 Å². The van der Waals surface area contributed by atoms with E-state index in [1.54, 1.807) is 6.92 Å². The fourth-order valence-electron chi connectivity index (χ4n) is 4.08. The Hall–Kier alpha value is -3.74. The van der Waals surface area contributed by atoms with Crippen molar-refractivity contribution in [2.75, 3.05) is 6.61 Å². The molecule has 7 heteroatoms. The molecule has 0 saturated heterocycles. The van der Waals surface area contributed by atoms with Crippen LogP contribution in [0, 0.1) is 5.82 Å². The van der Waals surface area contributed by atoms with Crippen molar-refractivity contribution in [1.82, 2.24) is 10.3 Å². The number of pyridine rings is 1. The molecule has 0 bridgehead atoms. The number of aliphatic carboxylic acids is 1. The number of amides is 1. The molecule has 1 aromatic heterocycles. The largest absolute Gasteiger partial charge is 0.479 e. The van der Waals surface area contributed by atoms with E-state index in [1.165, 1.54) is 6.07 Å². The molecule has 0 fully saturated rings. The average Bonchev–Trinajstić information content (AvgIpc) is 3.10. The van der Waals surface area contributed by atoms with Crippen molar-refractivity contribution < 1.29 is 23.8 Å². The lowest BCUT2D eigenvalue weighted by Gasteiger charge is -2.28. The van der Waals surface area contributed by atoms with Crippen LogP contribution in [-0.2, 0) is 15.1 Å². The normalized spacial score (nSPS) is 14.3.